The maximum atomic E-state index is 11.1. The molecule has 4 nitrogen and oxygen atoms in total. The number of hydrogen-bond donors (Lipinski definition) is 0. The Kier molecular flexibility index (Phi) is 7.25. The van der Waals surface area contributed by atoms with Crippen molar-refractivity contribution in [2.24, 2.45) is 0 Å². The van der Waals surface area contributed by atoms with Gasteiger partial charge in [-0.3, -0.25) is 0 Å². The predicted octanol–water partition coefficient (Wildman–Crippen LogP) is 3.45. The van der Waals surface area contributed by atoms with E-state index in [0.29, 0.717) is 19.0 Å². The van der Waals surface area contributed by atoms with Crippen molar-refractivity contribution in [1.29, 1.82) is 0 Å². The van der Waals surface area contributed by atoms with E-state index in [1.807, 2.05) is 25.1 Å². The number of methoxy groups -OCH3 is 1. The van der Waals surface area contributed by atoms with Crippen LogP contribution < -0.4 is 9.47 Å². The van der Waals surface area contributed by atoms with Crippen LogP contribution >= 0.6 is 0 Å². The maximum Gasteiger partial charge on any atom is 0.330 e. The molecule has 110 valence electrons. The van der Waals surface area contributed by atoms with Crippen molar-refractivity contribution in [2.75, 3.05) is 20.3 Å². The van der Waals surface area contributed by atoms with Crippen LogP contribution in [0.5, 0.6) is 11.5 Å². The standard InChI is InChI=1S/C16H22O4/c1-4-6-11-20-14-9-7-13(8-10-16(17)18-3)12-15(14)19-5-2/h7-10,12H,4-6,11H2,1-3H3/b10-8+. The van der Waals surface area contributed by atoms with Crippen molar-refractivity contribution in [3.05, 3.63) is 29.8 Å². The van der Waals surface area contributed by atoms with Gasteiger partial charge in [-0.1, -0.05) is 19.4 Å². The number of carbonyl (C=O) groups is 1. The molecular formula is C16H22O4. The van der Waals surface area contributed by atoms with Gasteiger partial charge < -0.3 is 14.2 Å². The summed E-state index contributed by atoms with van der Waals surface area (Å²) in [7, 11) is 1.35. The molecule has 0 bridgehead atoms. The van der Waals surface area contributed by atoms with Crippen molar-refractivity contribution in [1.82, 2.24) is 0 Å². The van der Waals surface area contributed by atoms with Gasteiger partial charge in [-0.25, -0.2) is 4.79 Å². The number of rotatable bonds is 8. The van der Waals surface area contributed by atoms with Gasteiger partial charge in [-0.15, -0.1) is 0 Å². The Hall–Kier alpha value is -1.97. The lowest BCUT2D eigenvalue weighted by Crippen LogP contribution is -2.01. The number of hydrogen-bond acceptors (Lipinski definition) is 4. The molecule has 0 unspecified atom stereocenters. The van der Waals surface area contributed by atoms with E-state index in [2.05, 4.69) is 11.7 Å². The summed E-state index contributed by atoms with van der Waals surface area (Å²) in [4.78, 5) is 11.1. The second kappa shape index (κ2) is 9.02. The number of unbranched alkanes of at least 4 members (excludes halogenated alkanes) is 1. The molecule has 1 rings (SSSR count). The number of benzene rings is 1. The lowest BCUT2D eigenvalue weighted by Gasteiger charge is -2.12. The number of ether oxygens (including phenoxy) is 3. The molecule has 0 saturated heterocycles. The summed E-state index contributed by atoms with van der Waals surface area (Å²) in [6.45, 7) is 5.28. The van der Waals surface area contributed by atoms with Gasteiger partial charge in [0.05, 0.1) is 20.3 Å². The Balaban J connectivity index is 2.82. The first-order valence-corrected chi connectivity index (χ1v) is 6.87. The lowest BCUT2D eigenvalue weighted by atomic mass is 10.2. The summed E-state index contributed by atoms with van der Waals surface area (Å²) in [5.41, 5.74) is 0.863. The Morgan fingerprint density at radius 3 is 2.65 bits per heavy atom. The average molecular weight is 278 g/mol. The van der Waals surface area contributed by atoms with Crippen LogP contribution in [0.2, 0.25) is 0 Å². The summed E-state index contributed by atoms with van der Waals surface area (Å²) in [6, 6.07) is 5.59. The predicted molar refractivity (Wildman–Crippen MR) is 79.1 cm³/mol. The van der Waals surface area contributed by atoms with Crippen LogP contribution in [-0.2, 0) is 9.53 Å². The molecule has 0 spiro atoms. The van der Waals surface area contributed by atoms with Crippen LogP contribution in [0.3, 0.4) is 0 Å². The van der Waals surface area contributed by atoms with Crippen molar-refractivity contribution >= 4 is 12.0 Å². The SMILES string of the molecule is CCCCOc1ccc(/C=C/C(=O)OC)cc1OCC. The van der Waals surface area contributed by atoms with Gasteiger partial charge in [-0.05, 0) is 37.1 Å². The molecule has 0 N–H and O–H groups in total. The first-order chi connectivity index (χ1) is 9.71. The van der Waals surface area contributed by atoms with E-state index in [1.54, 1.807) is 6.08 Å². The minimum atomic E-state index is -0.383. The molecule has 0 fully saturated rings. The Morgan fingerprint density at radius 2 is 2.00 bits per heavy atom. The van der Waals surface area contributed by atoms with Crippen LogP contribution in [-0.4, -0.2) is 26.3 Å². The van der Waals surface area contributed by atoms with Gasteiger partial charge in [0.15, 0.2) is 11.5 Å². The van der Waals surface area contributed by atoms with E-state index in [9.17, 15) is 4.79 Å². The highest BCUT2D eigenvalue weighted by atomic mass is 16.5. The van der Waals surface area contributed by atoms with E-state index in [-0.39, 0.29) is 5.97 Å². The van der Waals surface area contributed by atoms with Crippen molar-refractivity contribution < 1.29 is 19.0 Å². The van der Waals surface area contributed by atoms with Crippen LogP contribution in [0.25, 0.3) is 6.08 Å². The smallest absolute Gasteiger partial charge is 0.330 e. The van der Waals surface area contributed by atoms with Crippen molar-refractivity contribution in [3.63, 3.8) is 0 Å². The fraction of sp³-hybridized carbons (Fsp3) is 0.438. The van der Waals surface area contributed by atoms with Crippen molar-refractivity contribution in [3.8, 4) is 11.5 Å². The first kappa shape index (κ1) is 16.1. The summed E-state index contributed by atoms with van der Waals surface area (Å²) < 4.78 is 15.8. The molecule has 0 atom stereocenters. The second-order valence-electron chi connectivity index (χ2n) is 4.20. The molecule has 20 heavy (non-hydrogen) atoms. The lowest BCUT2D eigenvalue weighted by molar-refractivity contribution is -0.134. The van der Waals surface area contributed by atoms with E-state index in [0.717, 1.165) is 24.2 Å². The molecule has 4 heteroatoms. The number of esters is 1. The molecular weight excluding hydrogens is 256 g/mol. The highest BCUT2D eigenvalue weighted by molar-refractivity contribution is 5.87. The zero-order valence-electron chi connectivity index (χ0n) is 12.3. The van der Waals surface area contributed by atoms with Crippen LogP contribution in [0.4, 0.5) is 0 Å². The fourth-order valence-electron chi connectivity index (χ4n) is 1.57. The third kappa shape index (κ3) is 5.34. The molecule has 0 aliphatic rings. The molecule has 0 aliphatic carbocycles. The first-order valence-electron chi connectivity index (χ1n) is 6.87. The summed E-state index contributed by atoms with van der Waals surface area (Å²) >= 11 is 0. The Bertz CT molecular complexity index is 452. The molecule has 0 aromatic heterocycles. The third-order valence-corrected chi connectivity index (χ3v) is 2.64. The summed E-state index contributed by atoms with van der Waals surface area (Å²) in [5, 5.41) is 0. The summed E-state index contributed by atoms with van der Waals surface area (Å²) in [5.74, 6) is 1.04. The fourth-order valence-corrected chi connectivity index (χ4v) is 1.57. The van der Waals surface area contributed by atoms with Gasteiger partial charge in [0, 0.05) is 6.08 Å². The van der Waals surface area contributed by atoms with Crippen LogP contribution in [0.15, 0.2) is 24.3 Å². The van der Waals surface area contributed by atoms with Gasteiger partial charge in [-0.2, -0.15) is 0 Å². The minimum absolute atomic E-state index is 0.383. The monoisotopic (exact) mass is 278 g/mol. The maximum absolute atomic E-state index is 11.1. The van der Waals surface area contributed by atoms with Crippen molar-refractivity contribution in [2.45, 2.75) is 26.7 Å². The molecule has 0 amide bonds. The largest absolute Gasteiger partial charge is 0.490 e. The second-order valence-corrected chi connectivity index (χ2v) is 4.20. The van der Waals surface area contributed by atoms with Gasteiger partial charge in [0.1, 0.15) is 0 Å². The zero-order valence-corrected chi connectivity index (χ0v) is 12.3. The topological polar surface area (TPSA) is 44.8 Å². The van der Waals surface area contributed by atoms with Gasteiger partial charge in [0.2, 0.25) is 0 Å². The van der Waals surface area contributed by atoms with E-state index in [1.165, 1.54) is 13.2 Å². The molecule has 1 aromatic carbocycles. The Labute approximate surface area is 120 Å². The number of carbonyl (C=O) groups excluding carboxylic acids is 1. The Morgan fingerprint density at radius 1 is 1.20 bits per heavy atom. The molecule has 0 aliphatic heterocycles. The van der Waals surface area contributed by atoms with Crippen LogP contribution in [0, 0.1) is 0 Å². The normalized spacial score (nSPS) is 10.6. The molecule has 0 saturated carbocycles. The quantitative estimate of drug-likeness (QED) is 0.415. The van der Waals surface area contributed by atoms with Gasteiger partial charge >= 0.3 is 5.97 Å². The van der Waals surface area contributed by atoms with E-state index in [4.69, 9.17) is 9.47 Å². The van der Waals surface area contributed by atoms with E-state index >= 15 is 0 Å². The highest BCUT2D eigenvalue weighted by Gasteiger charge is 2.05. The third-order valence-electron chi connectivity index (χ3n) is 2.64. The molecule has 1 aromatic rings. The van der Waals surface area contributed by atoms with Crippen LogP contribution in [0.1, 0.15) is 32.3 Å². The molecule has 0 heterocycles. The van der Waals surface area contributed by atoms with Gasteiger partial charge in [0.25, 0.3) is 0 Å². The molecule has 0 radical (unpaired) electrons. The van der Waals surface area contributed by atoms with E-state index < -0.39 is 0 Å². The zero-order chi connectivity index (χ0) is 14.8. The summed E-state index contributed by atoms with van der Waals surface area (Å²) in [6.07, 6.45) is 5.16. The minimum Gasteiger partial charge on any atom is -0.490 e. The average Bonchev–Trinajstić information content (AvgIpc) is 2.47. The highest BCUT2D eigenvalue weighted by Crippen LogP contribution is 2.29.